The molecule has 0 unspecified atom stereocenters. The van der Waals surface area contributed by atoms with E-state index in [9.17, 15) is 9.59 Å². The Balaban J connectivity index is 1.76. The molecule has 1 aromatic heterocycles. The van der Waals surface area contributed by atoms with Crippen LogP contribution in [-0.4, -0.2) is 38.1 Å². The molecule has 3 aromatic rings. The van der Waals surface area contributed by atoms with Crippen molar-refractivity contribution in [1.82, 2.24) is 10.3 Å². The third-order valence-corrected chi connectivity index (χ3v) is 6.28. The van der Waals surface area contributed by atoms with Gasteiger partial charge in [0.2, 0.25) is 17.6 Å². The minimum absolute atomic E-state index is 0.109. The van der Waals surface area contributed by atoms with Crippen molar-refractivity contribution in [3.63, 3.8) is 0 Å². The summed E-state index contributed by atoms with van der Waals surface area (Å²) in [6.07, 6.45) is 0.524. The van der Waals surface area contributed by atoms with Crippen molar-refractivity contribution in [3.05, 3.63) is 53.2 Å². The number of amides is 2. The number of aromatic nitrogens is 1. The summed E-state index contributed by atoms with van der Waals surface area (Å²) in [5, 5.41) is 3.56. The van der Waals surface area contributed by atoms with Crippen LogP contribution < -0.4 is 19.5 Å². The van der Waals surface area contributed by atoms with Gasteiger partial charge in [-0.1, -0.05) is 18.2 Å². The van der Waals surface area contributed by atoms with Crippen LogP contribution in [0, 0.1) is 5.92 Å². The number of methoxy groups -OCH3 is 3. The summed E-state index contributed by atoms with van der Waals surface area (Å²) in [5.74, 6) is 0.172. The summed E-state index contributed by atoms with van der Waals surface area (Å²) in [6.45, 7) is 0. The molecular formula is C23H22N2O5. The highest BCUT2D eigenvalue weighted by Crippen LogP contribution is 2.52. The molecule has 0 bridgehead atoms. The van der Waals surface area contributed by atoms with E-state index in [4.69, 9.17) is 14.2 Å². The number of fused-ring (bicyclic) bond motifs is 5. The Bertz CT molecular complexity index is 1160. The summed E-state index contributed by atoms with van der Waals surface area (Å²) >= 11 is 0. The van der Waals surface area contributed by atoms with Crippen LogP contribution in [0.25, 0.3) is 10.9 Å². The summed E-state index contributed by atoms with van der Waals surface area (Å²) < 4.78 is 16.6. The first kappa shape index (κ1) is 18.5. The van der Waals surface area contributed by atoms with Gasteiger partial charge in [-0.3, -0.25) is 14.9 Å². The molecule has 1 saturated heterocycles. The fraction of sp³-hybridized carbons (Fsp3) is 0.304. The number of aromatic amines is 1. The number of nitrogens with one attached hydrogen (secondary N) is 2. The zero-order valence-corrected chi connectivity index (χ0v) is 16.9. The SMILES string of the molecule is COc1cc([C@H]2C[C@H]3C(=O)NC(=O)[C@H]3c3[nH]c4ccccc4c32)cc(OC)c1OC. The zero-order valence-electron chi connectivity index (χ0n) is 16.9. The largest absolute Gasteiger partial charge is 0.493 e. The lowest BCUT2D eigenvalue weighted by Gasteiger charge is -2.30. The molecule has 2 aromatic carbocycles. The average Bonchev–Trinajstić information content (AvgIpc) is 3.29. The van der Waals surface area contributed by atoms with Gasteiger partial charge in [-0.25, -0.2) is 0 Å². The Morgan fingerprint density at radius 2 is 1.63 bits per heavy atom. The molecule has 1 aliphatic heterocycles. The van der Waals surface area contributed by atoms with Crippen molar-refractivity contribution in [2.75, 3.05) is 21.3 Å². The maximum atomic E-state index is 12.6. The molecule has 2 N–H and O–H groups in total. The maximum absolute atomic E-state index is 12.6. The second-order valence-corrected chi connectivity index (χ2v) is 7.68. The molecule has 7 nitrogen and oxygen atoms in total. The molecule has 2 amide bonds. The Morgan fingerprint density at radius 3 is 2.30 bits per heavy atom. The number of H-pyrrole nitrogens is 1. The Kier molecular flexibility index (Phi) is 4.20. The molecule has 154 valence electrons. The van der Waals surface area contributed by atoms with Gasteiger partial charge in [-0.15, -0.1) is 0 Å². The van der Waals surface area contributed by atoms with Gasteiger partial charge in [0.1, 0.15) is 0 Å². The van der Waals surface area contributed by atoms with Crippen molar-refractivity contribution >= 4 is 22.7 Å². The molecule has 5 rings (SSSR count). The number of benzene rings is 2. The molecule has 2 heterocycles. The normalized spacial score (nSPS) is 22.4. The first-order chi connectivity index (χ1) is 14.6. The fourth-order valence-corrected chi connectivity index (χ4v) is 4.98. The van der Waals surface area contributed by atoms with Gasteiger partial charge in [0, 0.05) is 22.5 Å². The van der Waals surface area contributed by atoms with E-state index >= 15 is 0 Å². The first-order valence-electron chi connectivity index (χ1n) is 9.82. The lowest BCUT2D eigenvalue weighted by atomic mass is 9.71. The van der Waals surface area contributed by atoms with Crippen LogP contribution in [0.2, 0.25) is 0 Å². The van der Waals surface area contributed by atoms with Crippen molar-refractivity contribution in [2.24, 2.45) is 5.92 Å². The molecule has 30 heavy (non-hydrogen) atoms. The van der Waals surface area contributed by atoms with E-state index in [2.05, 4.69) is 10.3 Å². The monoisotopic (exact) mass is 406 g/mol. The second kappa shape index (κ2) is 6.79. The summed E-state index contributed by atoms with van der Waals surface area (Å²) in [5.41, 5.74) is 3.76. The highest BCUT2D eigenvalue weighted by Gasteiger charge is 2.50. The summed E-state index contributed by atoms with van der Waals surface area (Å²) in [7, 11) is 4.73. The van der Waals surface area contributed by atoms with E-state index in [1.165, 1.54) is 0 Å². The van der Waals surface area contributed by atoms with E-state index in [0.717, 1.165) is 27.7 Å². The lowest BCUT2D eigenvalue weighted by Crippen LogP contribution is -2.26. The second-order valence-electron chi connectivity index (χ2n) is 7.68. The number of imide groups is 1. The number of hydrogen-bond acceptors (Lipinski definition) is 5. The maximum Gasteiger partial charge on any atom is 0.236 e. The van der Waals surface area contributed by atoms with E-state index in [-0.39, 0.29) is 17.7 Å². The van der Waals surface area contributed by atoms with Gasteiger partial charge >= 0.3 is 0 Å². The topological polar surface area (TPSA) is 89.7 Å². The molecule has 1 aliphatic carbocycles. The van der Waals surface area contributed by atoms with Crippen LogP contribution in [0.4, 0.5) is 0 Å². The number of carbonyl (C=O) groups excluding carboxylic acids is 2. The fourth-order valence-electron chi connectivity index (χ4n) is 4.98. The number of carbonyl (C=O) groups is 2. The molecule has 2 aliphatic rings. The molecule has 0 saturated carbocycles. The summed E-state index contributed by atoms with van der Waals surface area (Å²) in [4.78, 5) is 28.5. The summed E-state index contributed by atoms with van der Waals surface area (Å²) in [6, 6.07) is 11.8. The number of rotatable bonds is 4. The van der Waals surface area contributed by atoms with E-state index in [1.807, 2.05) is 36.4 Å². The van der Waals surface area contributed by atoms with Gasteiger partial charge in [0.05, 0.1) is 33.2 Å². The molecule has 7 heteroatoms. The van der Waals surface area contributed by atoms with Crippen LogP contribution in [0.5, 0.6) is 17.2 Å². The Hall–Kier alpha value is -3.48. The van der Waals surface area contributed by atoms with Crippen LogP contribution in [-0.2, 0) is 9.59 Å². The predicted octanol–water partition coefficient (Wildman–Crippen LogP) is 3.09. The number of hydrogen-bond donors (Lipinski definition) is 2. The van der Waals surface area contributed by atoms with Crippen molar-refractivity contribution < 1.29 is 23.8 Å². The quantitative estimate of drug-likeness (QED) is 0.650. The predicted molar refractivity (Wildman–Crippen MR) is 110 cm³/mol. The smallest absolute Gasteiger partial charge is 0.236 e. The van der Waals surface area contributed by atoms with Crippen LogP contribution >= 0.6 is 0 Å². The third kappa shape index (κ3) is 2.51. The lowest BCUT2D eigenvalue weighted by molar-refractivity contribution is -0.125. The zero-order chi connectivity index (χ0) is 21.0. The third-order valence-electron chi connectivity index (χ3n) is 6.28. The molecule has 0 radical (unpaired) electrons. The molecule has 0 spiro atoms. The van der Waals surface area contributed by atoms with Gasteiger partial charge in [0.25, 0.3) is 0 Å². The van der Waals surface area contributed by atoms with E-state index < -0.39 is 11.8 Å². The van der Waals surface area contributed by atoms with Crippen LogP contribution in [0.15, 0.2) is 36.4 Å². The molecule has 1 fully saturated rings. The van der Waals surface area contributed by atoms with Gasteiger partial charge in [0.15, 0.2) is 11.5 Å². The van der Waals surface area contributed by atoms with E-state index in [0.29, 0.717) is 23.7 Å². The minimum Gasteiger partial charge on any atom is -0.493 e. The van der Waals surface area contributed by atoms with Crippen molar-refractivity contribution in [3.8, 4) is 17.2 Å². The van der Waals surface area contributed by atoms with Crippen molar-refractivity contribution in [2.45, 2.75) is 18.3 Å². The van der Waals surface area contributed by atoms with Crippen molar-refractivity contribution in [1.29, 1.82) is 0 Å². The highest BCUT2D eigenvalue weighted by molar-refractivity contribution is 6.09. The standard InChI is InChI=1S/C23H22N2O5/c1-28-16-8-11(9-17(29-2)21(16)30-3)13-10-14-19(23(27)25-22(14)26)20-18(13)12-6-4-5-7-15(12)24-20/h4-9,13-14,19,24H,10H2,1-3H3,(H,25,26,27)/t13-,14-,19-/m1/s1. The molecule has 3 atom stereocenters. The number of ether oxygens (including phenoxy) is 3. The Labute approximate surface area is 173 Å². The van der Waals surface area contributed by atoms with Crippen LogP contribution in [0.1, 0.15) is 35.1 Å². The van der Waals surface area contributed by atoms with Gasteiger partial charge in [-0.2, -0.15) is 0 Å². The van der Waals surface area contributed by atoms with Crippen LogP contribution in [0.3, 0.4) is 0 Å². The van der Waals surface area contributed by atoms with Gasteiger partial charge in [-0.05, 0) is 35.7 Å². The minimum atomic E-state index is -0.488. The Morgan fingerprint density at radius 1 is 0.933 bits per heavy atom. The number of para-hydroxylation sites is 1. The first-order valence-corrected chi connectivity index (χ1v) is 9.82. The van der Waals surface area contributed by atoms with E-state index in [1.54, 1.807) is 21.3 Å². The highest BCUT2D eigenvalue weighted by atomic mass is 16.5. The average molecular weight is 406 g/mol. The van der Waals surface area contributed by atoms with Gasteiger partial charge < -0.3 is 19.2 Å². The molecular weight excluding hydrogens is 384 g/mol.